The number of fused-ring (bicyclic) bond motifs is 12. The Morgan fingerprint density at radius 3 is 1.53 bits per heavy atom. The lowest BCUT2D eigenvalue weighted by atomic mass is 9.82. The minimum atomic E-state index is -1.07. The first kappa shape index (κ1) is 71.8. The summed E-state index contributed by atoms with van der Waals surface area (Å²) in [5.74, 6) is 0. The normalized spacial score (nSPS) is 16.5. The molecule has 0 spiro atoms. The summed E-state index contributed by atoms with van der Waals surface area (Å²) < 4.78 is 9.54. The number of H-pyrrole nitrogens is 1. The van der Waals surface area contributed by atoms with E-state index < -0.39 is 5.60 Å². The van der Waals surface area contributed by atoms with Crippen molar-refractivity contribution in [3.05, 3.63) is 264 Å². The average Bonchev–Trinajstić information content (AvgIpc) is 1.60. The number of hydrogen-bond acceptors (Lipinski definition) is 9. The van der Waals surface area contributed by atoms with Crippen molar-refractivity contribution in [2.45, 2.75) is 153 Å². The molecule has 0 saturated carbocycles. The maximum Gasteiger partial charge on any atom is 0.247 e. The standard InChI is InChI=1S/2C23H27N3.C22H25N3.C21H25N3O2/c1-16-6-7-21-19(12-16)20-14-25(5)15-23(3,4)22(20)26(21)13-17(2)18-8-10-24-11-9-18;1-5-19-8-7-18(13-24-19)17(3)14-26-22-9-6-16(2)12-20(22)21-15-25(4)11-10-23(21)26;1-15-5-6-21-18(11-15)20-14-24(4)10-8-22(20)25(21)13-17(3)19-12-23-9-7-16(19)2;1-14-4-6-18-16(10-14)17-12-23(3)9-8-19(17)24(18)13-21(2,26)15-5-7-20(25)22-11-15/h6-13H,14-15H2,1-5H3;6-9,12-14H,5,10-11,15H2,1-4H3;5-7,9,11-13H,8,10,14H2,1-4H3;4-7,10-11,26H,8-9,12-13H2,1-3H3,(H,22,25)/b17-13+;17-14+;17-13+;. The third-order valence-corrected chi connectivity index (χ3v) is 21.7. The van der Waals surface area contributed by atoms with Crippen LogP contribution in [0.5, 0.6) is 0 Å². The topological polar surface area (TPSA) is 124 Å². The molecule has 0 amide bonds. The number of nitrogens with zero attached hydrogens (tertiary/aromatic N) is 11. The fraction of sp³-hybridized carbons (Fsp3) is 0.348. The number of allylic oxidation sites excluding steroid dienone is 3. The molecule has 14 nitrogen and oxygen atoms in total. The molecular formula is C89H104N12O2. The largest absolute Gasteiger partial charge is 0.384 e. The minimum absolute atomic E-state index is 0.101. The quantitative estimate of drug-likeness (QED) is 0.138. The SMILES string of the molecule is C/C(=C\n1c2c(c3cc(C)ccc31)CN(C)CC2(C)C)c1ccncc1.C/C(=C\n1c2c(c3cc(C)ccc31)CN(C)CC2)c1cnccc1C.CCc1ccc(/C(C)=C/n2c3c(c4cc(C)ccc42)CN(C)CC3)cn1.Cc1ccc2c(c1)c1c(n2CC(C)(O)c2ccc(=O)[nH]c2)CCN(C)C1. The highest BCUT2D eigenvalue weighted by Gasteiger charge is 2.36. The van der Waals surface area contributed by atoms with Crippen LogP contribution >= 0.6 is 0 Å². The molecule has 0 fully saturated rings. The number of aromatic amines is 1. The third kappa shape index (κ3) is 15.0. The Balaban J connectivity index is 0.000000122. The maximum absolute atomic E-state index is 11.3. The van der Waals surface area contributed by atoms with E-state index in [0.717, 1.165) is 83.7 Å². The molecule has 8 aromatic heterocycles. The van der Waals surface area contributed by atoms with Gasteiger partial charge >= 0.3 is 0 Å². The Hall–Kier alpha value is -9.54. The number of aryl methyl sites for hydroxylation is 6. The number of nitrogens with one attached hydrogen (secondary N) is 1. The number of rotatable bonds is 10. The Kier molecular flexibility index (Phi) is 20.7. The highest BCUT2D eigenvalue weighted by molar-refractivity contribution is 5.94. The Labute approximate surface area is 609 Å². The molecule has 4 aromatic carbocycles. The maximum atomic E-state index is 11.3. The summed E-state index contributed by atoms with van der Waals surface area (Å²) in [6, 6.07) is 40.7. The van der Waals surface area contributed by atoms with Crippen molar-refractivity contribution in [1.82, 2.24) is 57.8 Å². The lowest BCUT2D eigenvalue weighted by Crippen LogP contribution is -2.40. The van der Waals surface area contributed by atoms with Crippen LogP contribution in [-0.4, -0.2) is 117 Å². The van der Waals surface area contributed by atoms with Crippen LogP contribution in [0.15, 0.2) is 157 Å². The molecule has 12 aromatic rings. The number of likely N-dealkylation sites (N-methyl/N-ethyl adjacent to an activating group) is 4. The van der Waals surface area contributed by atoms with Crippen LogP contribution in [-0.2, 0) is 69.4 Å². The molecule has 4 aliphatic heterocycles. The zero-order valence-electron chi connectivity index (χ0n) is 63.6. The second-order valence-electron chi connectivity index (χ2n) is 30.9. The summed E-state index contributed by atoms with van der Waals surface area (Å²) in [6.45, 7) is 34.8. The van der Waals surface area contributed by atoms with Crippen molar-refractivity contribution >= 4 is 78.9 Å². The fourth-order valence-electron chi connectivity index (χ4n) is 16.4. The predicted octanol–water partition coefficient (Wildman–Crippen LogP) is 17.2. The molecule has 1 unspecified atom stereocenters. The van der Waals surface area contributed by atoms with Crippen LogP contribution in [0, 0.1) is 34.6 Å². The van der Waals surface area contributed by atoms with Crippen LogP contribution in [0.4, 0.5) is 0 Å². The molecule has 14 heteroatoms. The van der Waals surface area contributed by atoms with Crippen LogP contribution in [0.25, 0.3) is 78.9 Å². The van der Waals surface area contributed by atoms with Crippen molar-refractivity contribution < 1.29 is 5.11 Å². The molecule has 2 N–H and O–H groups in total. The molecule has 16 rings (SSSR count). The zero-order chi connectivity index (χ0) is 72.8. The number of benzene rings is 4. The van der Waals surface area contributed by atoms with E-state index in [9.17, 15) is 9.90 Å². The van der Waals surface area contributed by atoms with Crippen LogP contribution in [0.3, 0.4) is 0 Å². The van der Waals surface area contributed by atoms with Gasteiger partial charge in [-0.25, -0.2) is 0 Å². The van der Waals surface area contributed by atoms with Gasteiger partial charge in [0.15, 0.2) is 0 Å². The van der Waals surface area contributed by atoms with Crippen LogP contribution < -0.4 is 5.56 Å². The summed E-state index contributed by atoms with van der Waals surface area (Å²) in [7, 11) is 8.80. The number of hydrogen-bond donors (Lipinski definition) is 2. The first-order valence-electron chi connectivity index (χ1n) is 36.8. The van der Waals surface area contributed by atoms with E-state index in [-0.39, 0.29) is 11.0 Å². The van der Waals surface area contributed by atoms with Gasteiger partial charge in [0.2, 0.25) is 5.56 Å². The second-order valence-corrected chi connectivity index (χ2v) is 30.9. The third-order valence-electron chi connectivity index (χ3n) is 21.7. The van der Waals surface area contributed by atoms with Crippen molar-refractivity contribution in [3.63, 3.8) is 0 Å². The molecular weight excluding hydrogens is 1270 g/mol. The molecule has 103 heavy (non-hydrogen) atoms. The van der Waals surface area contributed by atoms with E-state index in [2.05, 4.69) is 284 Å². The van der Waals surface area contributed by atoms with E-state index in [0.29, 0.717) is 12.1 Å². The number of aromatic nitrogens is 8. The Bertz CT molecular complexity index is 5280. The summed E-state index contributed by atoms with van der Waals surface area (Å²) in [5, 5.41) is 16.6. The molecule has 4 aliphatic rings. The van der Waals surface area contributed by atoms with Gasteiger partial charge in [-0.2, -0.15) is 0 Å². The van der Waals surface area contributed by atoms with Gasteiger partial charge in [0.1, 0.15) is 5.60 Å². The lowest BCUT2D eigenvalue weighted by molar-refractivity contribution is 0.0381. The molecule has 532 valence electrons. The number of aliphatic hydroxyl groups is 1. The molecule has 0 bridgehead atoms. The molecule has 0 aliphatic carbocycles. The van der Waals surface area contributed by atoms with Gasteiger partial charge in [-0.1, -0.05) is 73.4 Å². The van der Waals surface area contributed by atoms with E-state index >= 15 is 0 Å². The molecule has 0 radical (unpaired) electrons. The summed E-state index contributed by atoms with van der Waals surface area (Å²) in [4.78, 5) is 36.6. The van der Waals surface area contributed by atoms with Crippen LogP contribution in [0.2, 0.25) is 0 Å². The minimum Gasteiger partial charge on any atom is -0.384 e. The van der Waals surface area contributed by atoms with Crippen molar-refractivity contribution in [1.29, 1.82) is 0 Å². The highest BCUT2D eigenvalue weighted by Crippen LogP contribution is 2.42. The molecule has 0 saturated heterocycles. The second kappa shape index (κ2) is 29.7. The van der Waals surface area contributed by atoms with Crippen molar-refractivity contribution in [2.75, 3.05) is 54.4 Å². The van der Waals surface area contributed by atoms with E-state index in [1.165, 1.54) is 156 Å². The Morgan fingerprint density at radius 1 is 0.534 bits per heavy atom. The first-order valence-corrected chi connectivity index (χ1v) is 36.8. The summed E-state index contributed by atoms with van der Waals surface area (Å²) >= 11 is 0. The highest BCUT2D eigenvalue weighted by atomic mass is 16.3. The Morgan fingerprint density at radius 2 is 1.01 bits per heavy atom. The van der Waals surface area contributed by atoms with Crippen molar-refractivity contribution in [3.8, 4) is 0 Å². The number of pyridine rings is 4. The smallest absolute Gasteiger partial charge is 0.247 e. The molecule has 1 atom stereocenters. The molecule has 12 heterocycles. The van der Waals surface area contributed by atoms with Gasteiger partial charge in [-0.3, -0.25) is 19.7 Å². The predicted molar refractivity (Wildman–Crippen MR) is 429 cm³/mol. The summed E-state index contributed by atoms with van der Waals surface area (Å²) in [6.07, 6.45) is 22.2. The monoisotopic (exact) mass is 1370 g/mol. The first-order chi connectivity index (χ1) is 49.3. The van der Waals surface area contributed by atoms with Gasteiger partial charge in [0, 0.05) is 206 Å². The van der Waals surface area contributed by atoms with Gasteiger partial charge < -0.3 is 48.0 Å². The average molecular weight is 1370 g/mol. The lowest BCUT2D eigenvalue weighted by Gasteiger charge is -2.37. The van der Waals surface area contributed by atoms with Gasteiger partial charge in [0.05, 0.1) is 23.1 Å². The van der Waals surface area contributed by atoms with Crippen molar-refractivity contribution in [2.24, 2.45) is 0 Å². The van der Waals surface area contributed by atoms with E-state index in [4.69, 9.17) is 0 Å². The fourth-order valence-corrected chi connectivity index (χ4v) is 16.4. The van der Waals surface area contributed by atoms with Gasteiger partial charge in [0.25, 0.3) is 0 Å². The summed E-state index contributed by atoms with van der Waals surface area (Å²) in [5.41, 5.74) is 31.2. The van der Waals surface area contributed by atoms with E-state index in [1.807, 2.05) is 37.9 Å². The zero-order valence-corrected chi connectivity index (χ0v) is 63.6. The van der Waals surface area contributed by atoms with Crippen LogP contribution in [0.1, 0.15) is 149 Å². The van der Waals surface area contributed by atoms with Gasteiger partial charge in [-0.05, 0) is 231 Å². The van der Waals surface area contributed by atoms with Gasteiger partial charge in [-0.15, -0.1) is 0 Å². The van der Waals surface area contributed by atoms with E-state index in [1.54, 1.807) is 12.3 Å².